The van der Waals surface area contributed by atoms with Gasteiger partial charge in [-0.2, -0.15) is 0 Å². The van der Waals surface area contributed by atoms with Crippen molar-refractivity contribution in [2.75, 3.05) is 30.9 Å². The van der Waals surface area contributed by atoms with Crippen LogP contribution in [0.5, 0.6) is 0 Å². The second-order valence-corrected chi connectivity index (χ2v) is 11.2. The standard InChI is InChI=1S/C28H26ClFN4O3S/c1-19(22-9-12-25(30)24(29)18-22)33-14-16-34(17-15-33)28(35)21-7-10-23(11-8-21)32-38(36,37)26-6-2-4-20-5-3-13-31-27(20)26/h2-13,18-19,32H,14-17H2,1H3. The Labute approximate surface area is 225 Å². The number of pyridine rings is 1. The molecule has 1 unspecified atom stereocenters. The summed E-state index contributed by atoms with van der Waals surface area (Å²) in [6.07, 6.45) is 1.56. The highest BCUT2D eigenvalue weighted by Gasteiger charge is 2.26. The molecule has 0 spiro atoms. The number of sulfonamides is 1. The molecule has 1 atom stereocenters. The highest BCUT2D eigenvalue weighted by atomic mass is 35.5. The van der Waals surface area contributed by atoms with E-state index in [2.05, 4.69) is 14.6 Å². The van der Waals surface area contributed by atoms with Crippen LogP contribution < -0.4 is 4.72 Å². The van der Waals surface area contributed by atoms with Gasteiger partial charge in [0, 0.05) is 55.1 Å². The summed E-state index contributed by atoms with van der Waals surface area (Å²) in [5.74, 6) is -0.558. The molecule has 0 aliphatic carbocycles. The number of fused-ring (bicyclic) bond motifs is 1. The van der Waals surface area contributed by atoms with Gasteiger partial charge in [-0.15, -0.1) is 0 Å². The van der Waals surface area contributed by atoms with Crippen LogP contribution >= 0.6 is 11.6 Å². The van der Waals surface area contributed by atoms with Gasteiger partial charge >= 0.3 is 0 Å². The lowest BCUT2D eigenvalue weighted by atomic mass is 10.1. The number of para-hydroxylation sites is 1. The van der Waals surface area contributed by atoms with Crippen LogP contribution in [-0.2, 0) is 10.0 Å². The van der Waals surface area contributed by atoms with Crippen LogP contribution in [0.15, 0.2) is 83.9 Å². The maximum atomic E-state index is 13.5. The van der Waals surface area contributed by atoms with Gasteiger partial charge < -0.3 is 4.90 Å². The predicted octanol–water partition coefficient (Wildman–Crippen LogP) is 5.35. The lowest BCUT2D eigenvalue weighted by molar-refractivity contribution is 0.0582. The number of carbonyl (C=O) groups excluding carboxylic acids is 1. The summed E-state index contributed by atoms with van der Waals surface area (Å²) in [6.45, 7) is 4.45. The number of aromatic nitrogens is 1. The number of piperazine rings is 1. The average Bonchev–Trinajstić information content (AvgIpc) is 2.93. The number of amides is 1. The zero-order valence-electron chi connectivity index (χ0n) is 20.6. The van der Waals surface area contributed by atoms with Crippen molar-refractivity contribution < 1.29 is 17.6 Å². The maximum Gasteiger partial charge on any atom is 0.264 e. The van der Waals surface area contributed by atoms with E-state index in [0.717, 1.165) is 10.9 Å². The number of hydrogen-bond acceptors (Lipinski definition) is 5. The molecular weight excluding hydrogens is 527 g/mol. The minimum atomic E-state index is -3.88. The molecule has 0 radical (unpaired) electrons. The molecule has 1 amide bonds. The monoisotopic (exact) mass is 552 g/mol. The third kappa shape index (κ3) is 5.36. The van der Waals surface area contributed by atoms with Crippen molar-refractivity contribution in [3.8, 4) is 0 Å². The van der Waals surface area contributed by atoms with Gasteiger partial charge in [0.1, 0.15) is 10.7 Å². The summed E-state index contributed by atoms with van der Waals surface area (Å²) in [5, 5.41) is 0.829. The van der Waals surface area contributed by atoms with Crippen molar-refractivity contribution in [1.82, 2.24) is 14.8 Å². The van der Waals surface area contributed by atoms with Crippen LogP contribution in [0.3, 0.4) is 0 Å². The summed E-state index contributed by atoms with van der Waals surface area (Å²) < 4.78 is 42.2. The Bertz CT molecular complexity index is 1580. The van der Waals surface area contributed by atoms with Gasteiger partial charge in [-0.3, -0.25) is 19.4 Å². The Hall–Kier alpha value is -3.53. The second kappa shape index (κ2) is 10.7. The van der Waals surface area contributed by atoms with Crippen molar-refractivity contribution in [2.24, 2.45) is 0 Å². The van der Waals surface area contributed by atoms with Gasteiger partial charge in [0.2, 0.25) is 0 Å². The number of anilines is 1. The fourth-order valence-electron chi connectivity index (χ4n) is 4.66. The average molecular weight is 553 g/mol. The molecule has 1 fully saturated rings. The molecular formula is C28H26ClFN4O3S. The van der Waals surface area contributed by atoms with E-state index < -0.39 is 15.8 Å². The minimum absolute atomic E-state index is 0.0367. The molecule has 1 saturated heterocycles. The summed E-state index contributed by atoms with van der Waals surface area (Å²) in [4.78, 5) is 21.4. The highest BCUT2D eigenvalue weighted by molar-refractivity contribution is 7.93. The van der Waals surface area contributed by atoms with E-state index in [4.69, 9.17) is 11.6 Å². The summed E-state index contributed by atoms with van der Waals surface area (Å²) >= 11 is 5.94. The molecule has 0 saturated carbocycles. The molecule has 2 heterocycles. The molecule has 196 valence electrons. The molecule has 7 nitrogen and oxygen atoms in total. The minimum Gasteiger partial charge on any atom is -0.336 e. The van der Waals surface area contributed by atoms with E-state index in [9.17, 15) is 17.6 Å². The molecule has 1 aliphatic heterocycles. The molecule has 1 aliphatic rings. The molecule has 5 rings (SSSR count). The first-order valence-electron chi connectivity index (χ1n) is 12.2. The van der Waals surface area contributed by atoms with Crippen LogP contribution in [-0.4, -0.2) is 55.3 Å². The van der Waals surface area contributed by atoms with E-state index in [-0.39, 0.29) is 21.9 Å². The fourth-order valence-corrected chi connectivity index (χ4v) is 6.09. The van der Waals surface area contributed by atoms with Crippen LogP contribution in [0.4, 0.5) is 10.1 Å². The number of carbonyl (C=O) groups is 1. The van der Waals surface area contributed by atoms with Crippen molar-refractivity contribution in [3.63, 3.8) is 0 Å². The first kappa shape index (κ1) is 26.1. The van der Waals surface area contributed by atoms with Crippen molar-refractivity contribution in [2.45, 2.75) is 17.9 Å². The smallest absolute Gasteiger partial charge is 0.264 e. The van der Waals surface area contributed by atoms with Gasteiger partial charge in [0.05, 0.1) is 10.5 Å². The Kier molecular flexibility index (Phi) is 7.34. The first-order valence-corrected chi connectivity index (χ1v) is 14.0. The lowest BCUT2D eigenvalue weighted by Gasteiger charge is -2.38. The van der Waals surface area contributed by atoms with Crippen LogP contribution in [0.1, 0.15) is 28.9 Å². The quantitative estimate of drug-likeness (QED) is 0.349. The van der Waals surface area contributed by atoms with Gasteiger partial charge in [-0.25, -0.2) is 12.8 Å². The lowest BCUT2D eigenvalue weighted by Crippen LogP contribution is -2.49. The van der Waals surface area contributed by atoms with Crippen molar-refractivity contribution in [3.05, 3.63) is 101 Å². The highest BCUT2D eigenvalue weighted by Crippen LogP contribution is 2.27. The van der Waals surface area contributed by atoms with Gasteiger partial charge in [-0.1, -0.05) is 35.9 Å². The maximum absolute atomic E-state index is 13.5. The SMILES string of the molecule is CC(c1ccc(F)c(Cl)c1)N1CCN(C(=O)c2ccc(NS(=O)(=O)c3cccc4cccnc34)cc2)CC1. The van der Waals surface area contributed by atoms with Crippen LogP contribution in [0.2, 0.25) is 5.02 Å². The number of nitrogens with zero attached hydrogens (tertiary/aromatic N) is 3. The Morgan fingerprint density at radius 3 is 2.42 bits per heavy atom. The summed E-state index contributed by atoms with van der Waals surface area (Å²) in [6, 6.07) is 19.8. The molecule has 0 bridgehead atoms. The number of rotatable bonds is 6. The number of hydrogen-bond donors (Lipinski definition) is 1. The molecule has 4 aromatic rings. The first-order chi connectivity index (χ1) is 18.2. The van der Waals surface area contributed by atoms with E-state index in [1.54, 1.807) is 71.8 Å². The zero-order chi connectivity index (χ0) is 26.9. The van der Waals surface area contributed by atoms with Crippen LogP contribution in [0.25, 0.3) is 10.9 Å². The Morgan fingerprint density at radius 2 is 1.71 bits per heavy atom. The molecule has 1 aromatic heterocycles. The zero-order valence-corrected chi connectivity index (χ0v) is 22.2. The molecule has 38 heavy (non-hydrogen) atoms. The van der Waals surface area contributed by atoms with E-state index in [0.29, 0.717) is 42.9 Å². The summed E-state index contributed by atoms with van der Waals surface area (Å²) in [5.41, 5.74) is 2.15. The number of nitrogens with one attached hydrogen (secondary N) is 1. The molecule has 3 aromatic carbocycles. The number of halogens is 2. The van der Waals surface area contributed by atoms with E-state index in [1.165, 1.54) is 12.1 Å². The molecule has 10 heteroatoms. The second-order valence-electron chi connectivity index (χ2n) is 9.19. The third-order valence-electron chi connectivity index (χ3n) is 6.84. The predicted molar refractivity (Wildman–Crippen MR) is 146 cm³/mol. The fraction of sp³-hybridized carbons (Fsp3) is 0.214. The van der Waals surface area contributed by atoms with Crippen molar-refractivity contribution >= 4 is 44.1 Å². The van der Waals surface area contributed by atoms with E-state index in [1.807, 2.05) is 6.92 Å². The Balaban J connectivity index is 1.22. The third-order valence-corrected chi connectivity index (χ3v) is 8.55. The van der Waals surface area contributed by atoms with E-state index >= 15 is 0 Å². The largest absolute Gasteiger partial charge is 0.336 e. The Morgan fingerprint density at radius 1 is 1.00 bits per heavy atom. The summed E-state index contributed by atoms with van der Waals surface area (Å²) in [7, 11) is -3.88. The number of benzene rings is 3. The topological polar surface area (TPSA) is 82.6 Å². The van der Waals surface area contributed by atoms with Crippen LogP contribution in [0, 0.1) is 5.82 Å². The normalized spacial score (nSPS) is 15.4. The van der Waals surface area contributed by atoms with Gasteiger partial charge in [0.15, 0.2) is 0 Å². The van der Waals surface area contributed by atoms with Gasteiger partial charge in [0.25, 0.3) is 15.9 Å². The molecule has 1 N–H and O–H groups in total. The van der Waals surface area contributed by atoms with Crippen molar-refractivity contribution in [1.29, 1.82) is 0 Å². The van der Waals surface area contributed by atoms with Gasteiger partial charge in [-0.05, 0) is 61.0 Å².